The van der Waals surface area contributed by atoms with E-state index >= 15 is 0 Å². The zero-order valence-corrected chi connectivity index (χ0v) is 15.3. The van der Waals surface area contributed by atoms with Crippen molar-refractivity contribution in [2.24, 2.45) is 5.92 Å². The van der Waals surface area contributed by atoms with Crippen LogP contribution in [-0.4, -0.2) is 61.7 Å². The SMILES string of the molecule is CSCC(=O)N[C@H]1CN(CC2CCOCC2)C[C@@H]1c1ccccc1. The van der Waals surface area contributed by atoms with E-state index in [1.807, 2.05) is 6.26 Å². The molecule has 0 radical (unpaired) electrons. The summed E-state index contributed by atoms with van der Waals surface area (Å²) < 4.78 is 5.48. The van der Waals surface area contributed by atoms with Crippen molar-refractivity contribution in [3.8, 4) is 0 Å². The number of carbonyl (C=O) groups excluding carboxylic acids is 1. The maximum Gasteiger partial charge on any atom is 0.230 e. The van der Waals surface area contributed by atoms with Crippen molar-refractivity contribution in [1.82, 2.24) is 10.2 Å². The molecule has 2 fully saturated rings. The number of nitrogens with zero attached hydrogens (tertiary/aromatic N) is 1. The summed E-state index contributed by atoms with van der Waals surface area (Å²) in [7, 11) is 0. The van der Waals surface area contributed by atoms with Gasteiger partial charge >= 0.3 is 0 Å². The largest absolute Gasteiger partial charge is 0.381 e. The predicted molar refractivity (Wildman–Crippen MR) is 99.5 cm³/mol. The van der Waals surface area contributed by atoms with Gasteiger partial charge in [0.1, 0.15) is 0 Å². The van der Waals surface area contributed by atoms with Gasteiger partial charge in [0.15, 0.2) is 0 Å². The molecular formula is C19H28N2O2S. The number of hydrogen-bond donors (Lipinski definition) is 1. The lowest BCUT2D eigenvalue weighted by Gasteiger charge is -2.27. The third-order valence-electron chi connectivity index (χ3n) is 5.10. The Balaban J connectivity index is 1.65. The average molecular weight is 349 g/mol. The van der Waals surface area contributed by atoms with Gasteiger partial charge in [0.05, 0.1) is 5.75 Å². The first kappa shape index (κ1) is 17.8. The van der Waals surface area contributed by atoms with Gasteiger partial charge in [-0.15, -0.1) is 0 Å². The lowest BCUT2D eigenvalue weighted by atomic mass is 9.94. The molecule has 0 spiro atoms. The lowest BCUT2D eigenvalue weighted by Crippen LogP contribution is -2.41. The Morgan fingerprint density at radius 1 is 1.25 bits per heavy atom. The molecule has 24 heavy (non-hydrogen) atoms. The van der Waals surface area contributed by atoms with Crippen LogP contribution in [0.1, 0.15) is 24.3 Å². The van der Waals surface area contributed by atoms with Crippen LogP contribution in [0.2, 0.25) is 0 Å². The average Bonchev–Trinajstić information content (AvgIpc) is 2.99. The van der Waals surface area contributed by atoms with E-state index < -0.39 is 0 Å². The molecule has 1 aromatic rings. The minimum atomic E-state index is 0.154. The van der Waals surface area contributed by atoms with Gasteiger partial charge in [-0.1, -0.05) is 30.3 Å². The third kappa shape index (κ3) is 4.74. The molecule has 0 saturated carbocycles. The highest BCUT2D eigenvalue weighted by molar-refractivity contribution is 7.99. The van der Waals surface area contributed by atoms with Gasteiger partial charge in [0.2, 0.25) is 5.91 Å². The van der Waals surface area contributed by atoms with Crippen molar-refractivity contribution >= 4 is 17.7 Å². The first-order valence-electron chi connectivity index (χ1n) is 8.89. The normalized spacial score (nSPS) is 25.7. The number of ether oxygens (including phenoxy) is 1. The van der Waals surface area contributed by atoms with Crippen LogP contribution in [0.3, 0.4) is 0 Å². The number of nitrogens with one attached hydrogen (secondary N) is 1. The molecule has 0 bridgehead atoms. The fraction of sp³-hybridized carbons (Fsp3) is 0.632. The quantitative estimate of drug-likeness (QED) is 0.857. The molecule has 0 aromatic heterocycles. The topological polar surface area (TPSA) is 41.6 Å². The molecule has 1 amide bonds. The highest BCUT2D eigenvalue weighted by atomic mass is 32.2. The minimum Gasteiger partial charge on any atom is -0.381 e. The Morgan fingerprint density at radius 3 is 2.71 bits per heavy atom. The molecule has 0 aliphatic carbocycles. The van der Waals surface area contributed by atoms with Crippen molar-refractivity contribution in [2.45, 2.75) is 24.8 Å². The van der Waals surface area contributed by atoms with E-state index in [4.69, 9.17) is 4.74 Å². The fourth-order valence-electron chi connectivity index (χ4n) is 3.89. The summed E-state index contributed by atoms with van der Waals surface area (Å²) in [6, 6.07) is 10.8. The van der Waals surface area contributed by atoms with Gasteiger partial charge in [-0.2, -0.15) is 11.8 Å². The van der Waals surface area contributed by atoms with Crippen LogP contribution in [0.15, 0.2) is 30.3 Å². The van der Waals surface area contributed by atoms with Gasteiger partial charge < -0.3 is 15.0 Å². The molecule has 2 saturated heterocycles. The summed E-state index contributed by atoms with van der Waals surface area (Å²) in [5.41, 5.74) is 1.33. The summed E-state index contributed by atoms with van der Waals surface area (Å²) >= 11 is 1.58. The van der Waals surface area contributed by atoms with E-state index in [2.05, 4.69) is 40.5 Å². The minimum absolute atomic E-state index is 0.154. The van der Waals surface area contributed by atoms with Crippen molar-refractivity contribution in [3.05, 3.63) is 35.9 Å². The Labute approximate surface area is 149 Å². The maximum absolute atomic E-state index is 12.1. The Morgan fingerprint density at radius 2 is 2.00 bits per heavy atom. The molecule has 2 aliphatic rings. The van der Waals surface area contributed by atoms with Crippen molar-refractivity contribution in [1.29, 1.82) is 0 Å². The van der Waals surface area contributed by atoms with E-state index in [1.54, 1.807) is 11.8 Å². The smallest absolute Gasteiger partial charge is 0.230 e. The highest BCUT2D eigenvalue weighted by Gasteiger charge is 2.35. The number of benzene rings is 1. The number of hydrogen-bond acceptors (Lipinski definition) is 4. The second kappa shape index (κ2) is 8.88. The van der Waals surface area contributed by atoms with Crippen LogP contribution < -0.4 is 5.32 Å². The van der Waals surface area contributed by atoms with Crippen LogP contribution in [-0.2, 0) is 9.53 Å². The standard InChI is InChI=1S/C19H28N2O2S/c1-24-14-19(22)20-18-13-21(11-15-7-9-23-10-8-15)12-17(18)16-5-3-2-4-6-16/h2-6,15,17-18H,7-14H2,1H3,(H,20,22)/t17-,18+/m1/s1. The molecule has 1 aromatic carbocycles. The van der Waals surface area contributed by atoms with Gasteiger partial charge in [0, 0.05) is 44.8 Å². The van der Waals surface area contributed by atoms with Gasteiger partial charge in [-0.3, -0.25) is 4.79 Å². The summed E-state index contributed by atoms with van der Waals surface area (Å²) in [4.78, 5) is 14.6. The van der Waals surface area contributed by atoms with Crippen LogP contribution >= 0.6 is 11.8 Å². The second-order valence-electron chi connectivity index (χ2n) is 6.90. The first-order valence-corrected chi connectivity index (χ1v) is 10.3. The third-order valence-corrected chi connectivity index (χ3v) is 5.65. The molecule has 4 nitrogen and oxygen atoms in total. The first-order chi connectivity index (χ1) is 11.8. The molecule has 1 N–H and O–H groups in total. The van der Waals surface area contributed by atoms with E-state index in [0.29, 0.717) is 11.7 Å². The summed E-state index contributed by atoms with van der Waals surface area (Å²) in [5.74, 6) is 1.81. The summed E-state index contributed by atoms with van der Waals surface area (Å²) in [6.45, 7) is 4.91. The number of carbonyl (C=O) groups is 1. The van der Waals surface area contributed by atoms with E-state index in [0.717, 1.165) is 51.6 Å². The molecule has 0 unspecified atom stereocenters. The van der Waals surface area contributed by atoms with Gasteiger partial charge in [0.25, 0.3) is 0 Å². The molecule has 2 aliphatic heterocycles. The highest BCUT2D eigenvalue weighted by Crippen LogP contribution is 2.29. The molecule has 132 valence electrons. The van der Waals surface area contributed by atoms with E-state index in [1.165, 1.54) is 5.56 Å². The fourth-order valence-corrected chi connectivity index (χ4v) is 4.24. The number of amides is 1. The summed E-state index contributed by atoms with van der Waals surface area (Å²) in [6.07, 6.45) is 4.30. The van der Waals surface area contributed by atoms with Gasteiger partial charge in [-0.05, 0) is 30.6 Å². The zero-order valence-electron chi connectivity index (χ0n) is 14.4. The molecule has 3 rings (SSSR count). The van der Waals surface area contributed by atoms with E-state index in [-0.39, 0.29) is 11.9 Å². The molecular weight excluding hydrogens is 320 g/mol. The second-order valence-corrected chi connectivity index (χ2v) is 7.76. The number of rotatable bonds is 6. The zero-order chi connectivity index (χ0) is 16.8. The van der Waals surface area contributed by atoms with E-state index in [9.17, 15) is 4.79 Å². The van der Waals surface area contributed by atoms with Gasteiger partial charge in [-0.25, -0.2) is 0 Å². The van der Waals surface area contributed by atoms with Crippen molar-refractivity contribution in [3.63, 3.8) is 0 Å². The van der Waals surface area contributed by atoms with Crippen molar-refractivity contribution < 1.29 is 9.53 Å². The number of thioether (sulfide) groups is 1. The van der Waals surface area contributed by atoms with Crippen LogP contribution in [0, 0.1) is 5.92 Å². The Kier molecular flexibility index (Phi) is 6.58. The maximum atomic E-state index is 12.1. The van der Waals surface area contributed by atoms with Crippen LogP contribution in [0.25, 0.3) is 0 Å². The molecule has 5 heteroatoms. The summed E-state index contributed by atoms with van der Waals surface area (Å²) in [5, 5.41) is 3.27. The lowest BCUT2D eigenvalue weighted by molar-refractivity contribution is -0.119. The Hall–Kier alpha value is -1.04. The number of likely N-dealkylation sites (tertiary alicyclic amines) is 1. The monoisotopic (exact) mass is 348 g/mol. The molecule has 2 atom stereocenters. The van der Waals surface area contributed by atoms with Crippen LogP contribution in [0.4, 0.5) is 0 Å². The van der Waals surface area contributed by atoms with Crippen LogP contribution in [0.5, 0.6) is 0 Å². The Bertz CT molecular complexity index is 519. The van der Waals surface area contributed by atoms with Crippen molar-refractivity contribution in [2.75, 3.05) is 44.9 Å². The predicted octanol–water partition coefficient (Wildman–Crippen LogP) is 2.36. The molecule has 2 heterocycles.